The SMILES string of the molecule is COCCOc1ncccc1NC(=O)c1cccc(S(=O)(=O)N2CCc3ccccc32)c1. The summed E-state index contributed by atoms with van der Waals surface area (Å²) in [5.41, 5.74) is 2.26. The van der Waals surface area contributed by atoms with Crippen molar-refractivity contribution >= 4 is 27.3 Å². The van der Waals surface area contributed by atoms with Crippen molar-refractivity contribution in [2.75, 3.05) is 36.5 Å². The van der Waals surface area contributed by atoms with Crippen molar-refractivity contribution in [3.63, 3.8) is 0 Å². The van der Waals surface area contributed by atoms with E-state index in [1.54, 1.807) is 43.6 Å². The predicted octanol–water partition coefficient (Wildman–Crippen LogP) is 3.11. The molecule has 1 aromatic heterocycles. The molecule has 32 heavy (non-hydrogen) atoms. The van der Waals surface area contributed by atoms with Gasteiger partial charge >= 0.3 is 0 Å². The fourth-order valence-electron chi connectivity index (χ4n) is 3.50. The van der Waals surface area contributed by atoms with Crippen molar-refractivity contribution in [1.82, 2.24) is 4.98 Å². The molecule has 0 saturated heterocycles. The maximum atomic E-state index is 13.3. The van der Waals surface area contributed by atoms with Gasteiger partial charge in [0, 0.05) is 25.4 Å². The Balaban J connectivity index is 1.56. The van der Waals surface area contributed by atoms with Crippen LogP contribution < -0.4 is 14.4 Å². The number of hydrogen-bond donors (Lipinski definition) is 1. The summed E-state index contributed by atoms with van der Waals surface area (Å²) >= 11 is 0. The van der Waals surface area contributed by atoms with Gasteiger partial charge in [0.25, 0.3) is 15.9 Å². The lowest BCUT2D eigenvalue weighted by Crippen LogP contribution is -2.29. The van der Waals surface area contributed by atoms with Crippen molar-refractivity contribution in [2.24, 2.45) is 0 Å². The van der Waals surface area contributed by atoms with Crippen LogP contribution >= 0.6 is 0 Å². The van der Waals surface area contributed by atoms with Crippen LogP contribution in [0.15, 0.2) is 71.8 Å². The number of benzene rings is 2. The number of anilines is 2. The molecule has 3 aromatic rings. The van der Waals surface area contributed by atoms with Gasteiger partial charge in [-0.25, -0.2) is 13.4 Å². The molecular weight excluding hydrogens is 430 g/mol. The fraction of sp³-hybridized carbons (Fsp3) is 0.217. The summed E-state index contributed by atoms with van der Waals surface area (Å²) in [5, 5.41) is 2.74. The van der Waals surface area contributed by atoms with Gasteiger partial charge in [-0.3, -0.25) is 9.10 Å². The second-order valence-electron chi connectivity index (χ2n) is 7.14. The average Bonchev–Trinajstić information content (AvgIpc) is 3.25. The van der Waals surface area contributed by atoms with Gasteiger partial charge in [0.1, 0.15) is 12.3 Å². The van der Waals surface area contributed by atoms with E-state index in [0.29, 0.717) is 30.9 Å². The average molecular weight is 454 g/mol. The first kappa shape index (κ1) is 21.8. The van der Waals surface area contributed by atoms with Crippen LogP contribution in [0.5, 0.6) is 5.88 Å². The Morgan fingerprint density at radius 3 is 2.78 bits per heavy atom. The third kappa shape index (κ3) is 4.44. The third-order valence-corrected chi connectivity index (χ3v) is 6.88. The highest BCUT2D eigenvalue weighted by molar-refractivity contribution is 7.92. The predicted molar refractivity (Wildman–Crippen MR) is 121 cm³/mol. The third-order valence-electron chi connectivity index (χ3n) is 5.07. The Morgan fingerprint density at radius 2 is 1.94 bits per heavy atom. The number of hydrogen-bond acceptors (Lipinski definition) is 6. The molecule has 1 amide bonds. The molecule has 2 aromatic carbocycles. The number of amides is 1. The Kier molecular flexibility index (Phi) is 6.38. The molecule has 0 atom stereocenters. The highest BCUT2D eigenvalue weighted by Gasteiger charge is 2.31. The minimum absolute atomic E-state index is 0.0598. The van der Waals surface area contributed by atoms with Crippen molar-refractivity contribution in [3.8, 4) is 5.88 Å². The molecule has 0 saturated carbocycles. The number of carbonyl (C=O) groups excluding carboxylic acids is 1. The second-order valence-corrected chi connectivity index (χ2v) is 9.00. The lowest BCUT2D eigenvalue weighted by molar-refractivity contribution is 0.102. The van der Waals surface area contributed by atoms with Crippen LogP contribution in [0, 0.1) is 0 Å². The van der Waals surface area contributed by atoms with E-state index < -0.39 is 15.9 Å². The van der Waals surface area contributed by atoms with Crippen molar-refractivity contribution in [1.29, 1.82) is 0 Å². The first-order valence-electron chi connectivity index (χ1n) is 10.1. The lowest BCUT2D eigenvalue weighted by Gasteiger charge is -2.20. The molecule has 0 fully saturated rings. The summed E-state index contributed by atoms with van der Waals surface area (Å²) in [5.74, 6) is -0.205. The largest absolute Gasteiger partial charge is 0.474 e. The number of ether oxygens (including phenoxy) is 2. The zero-order chi connectivity index (χ0) is 22.6. The van der Waals surface area contributed by atoms with E-state index >= 15 is 0 Å². The van der Waals surface area contributed by atoms with E-state index in [2.05, 4.69) is 10.3 Å². The molecule has 1 aliphatic heterocycles. The number of nitrogens with one attached hydrogen (secondary N) is 1. The Bertz CT molecular complexity index is 1230. The highest BCUT2D eigenvalue weighted by Crippen LogP contribution is 2.33. The molecule has 0 spiro atoms. The molecule has 2 heterocycles. The number of para-hydroxylation sites is 1. The van der Waals surface area contributed by atoms with Crippen LogP contribution in [0.4, 0.5) is 11.4 Å². The minimum Gasteiger partial charge on any atom is -0.474 e. The van der Waals surface area contributed by atoms with Gasteiger partial charge in [0.05, 0.1) is 17.2 Å². The van der Waals surface area contributed by atoms with Gasteiger partial charge in [-0.2, -0.15) is 0 Å². The fourth-order valence-corrected chi connectivity index (χ4v) is 5.05. The van der Waals surface area contributed by atoms with Crippen LogP contribution in [0.2, 0.25) is 0 Å². The standard InChI is InChI=1S/C23H23N3O5S/c1-30-14-15-31-23-20(9-5-12-24-23)25-22(27)18-7-4-8-19(16-18)32(28,29)26-13-11-17-6-2-3-10-21(17)26/h2-10,12,16H,11,13-15H2,1H3,(H,25,27). The van der Waals surface area contributed by atoms with Crippen LogP contribution in [-0.2, 0) is 21.2 Å². The molecule has 0 unspecified atom stereocenters. The van der Waals surface area contributed by atoms with E-state index in [1.807, 2.05) is 18.2 Å². The number of methoxy groups -OCH3 is 1. The maximum absolute atomic E-state index is 13.3. The maximum Gasteiger partial charge on any atom is 0.264 e. The van der Waals surface area contributed by atoms with Crippen LogP contribution in [0.25, 0.3) is 0 Å². The van der Waals surface area contributed by atoms with Crippen molar-refractivity contribution < 1.29 is 22.7 Å². The first-order chi connectivity index (χ1) is 15.5. The van der Waals surface area contributed by atoms with E-state index in [-0.39, 0.29) is 22.9 Å². The van der Waals surface area contributed by atoms with Crippen LogP contribution in [0.1, 0.15) is 15.9 Å². The second kappa shape index (κ2) is 9.37. The molecule has 1 N–H and O–H groups in total. The minimum atomic E-state index is -3.80. The summed E-state index contributed by atoms with van der Waals surface area (Å²) in [6.45, 7) is 1.03. The summed E-state index contributed by atoms with van der Waals surface area (Å²) < 4.78 is 38.5. The van der Waals surface area contributed by atoms with Gasteiger partial charge < -0.3 is 14.8 Å². The molecule has 8 nitrogen and oxygen atoms in total. The Hall–Kier alpha value is -3.43. The van der Waals surface area contributed by atoms with E-state index in [0.717, 1.165) is 5.56 Å². The van der Waals surface area contributed by atoms with Gasteiger partial charge in [-0.15, -0.1) is 0 Å². The first-order valence-corrected chi connectivity index (χ1v) is 11.5. The number of sulfonamides is 1. The van der Waals surface area contributed by atoms with Gasteiger partial charge in [-0.05, 0) is 48.4 Å². The van der Waals surface area contributed by atoms with Crippen molar-refractivity contribution in [3.05, 3.63) is 78.0 Å². The molecule has 0 radical (unpaired) electrons. The number of fused-ring (bicyclic) bond motifs is 1. The Morgan fingerprint density at radius 1 is 1.09 bits per heavy atom. The molecule has 1 aliphatic rings. The number of pyridine rings is 1. The number of nitrogens with zero attached hydrogens (tertiary/aromatic N) is 2. The van der Waals surface area contributed by atoms with Gasteiger partial charge in [0.2, 0.25) is 5.88 Å². The summed E-state index contributed by atoms with van der Waals surface area (Å²) in [6, 6.07) is 16.8. The number of aromatic nitrogens is 1. The highest BCUT2D eigenvalue weighted by atomic mass is 32.2. The Labute approximate surface area is 186 Å². The monoisotopic (exact) mass is 453 g/mol. The van der Waals surface area contributed by atoms with Gasteiger partial charge in [0.15, 0.2) is 0 Å². The van der Waals surface area contributed by atoms with E-state index in [1.165, 1.54) is 16.4 Å². The van der Waals surface area contributed by atoms with Crippen LogP contribution in [-0.4, -0.2) is 46.2 Å². The zero-order valence-corrected chi connectivity index (χ0v) is 18.3. The summed E-state index contributed by atoms with van der Waals surface area (Å²) in [4.78, 5) is 17.1. The number of rotatable bonds is 8. The molecule has 0 bridgehead atoms. The van der Waals surface area contributed by atoms with Gasteiger partial charge in [-0.1, -0.05) is 24.3 Å². The quantitative estimate of drug-likeness (QED) is 0.527. The van der Waals surface area contributed by atoms with E-state index in [4.69, 9.17) is 9.47 Å². The molecule has 0 aliphatic carbocycles. The van der Waals surface area contributed by atoms with Crippen LogP contribution in [0.3, 0.4) is 0 Å². The molecule has 9 heteroatoms. The number of carbonyl (C=O) groups is 1. The molecular formula is C23H23N3O5S. The normalized spacial score (nSPS) is 13.0. The molecule has 166 valence electrons. The summed E-state index contributed by atoms with van der Waals surface area (Å²) in [6.07, 6.45) is 2.21. The van der Waals surface area contributed by atoms with Crippen molar-refractivity contribution in [2.45, 2.75) is 11.3 Å². The zero-order valence-electron chi connectivity index (χ0n) is 17.5. The lowest BCUT2D eigenvalue weighted by atomic mass is 10.2. The van der Waals surface area contributed by atoms with E-state index in [9.17, 15) is 13.2 Å². The summed E-state index contributed by atoms with van der Waals surface area (Å²) in [7, 11) is -2.24. The smallest absolute Gasteiger partial charge is 0.264 e. The topological polar surface area (TPSA) is 97.8 Å². The molecule has 4 rings (SSSR count).